The van der Waals surface area contributed by atoms with Gasteiger partial charge in [-0.3, -0.25) is 9.59 Å². The molecule has 1 spiro atoms. The van der Waals surface area contributed by atoms with Crippen LogP contribution in [-0.2, 0) is 34.8 Å². The molecule has 6 nitrogen and oxygen atoms in total. The number of hydrogen-bond acceptors (Lipinski definition) is 6. The van der Waals surface area contributed by atoms with E-state index in [1.54, 1.807) is 0 Å². The molecular formula is C29H42O6Si. The van der Waals surface area contributed by atoms with Gasteiger partial charge in [0.15, 0.2) is 14.1 Å². The first-order valence-corrected chi connectivity index (χ1v) is 16.0. The quantitative estimate of drug-likeness (QED) is 0.268. The molecule has 3 aliphatic rings. The Kier molecular flexibility index (Phi) is 7.19. The van der Waals surface area contributed by atoms with Crippen molar-refractivity contribution in [3.8, 4) is 0 Å². The number of fused-ring (bicyclic) bond motifs is 1. The Morgan fingerprint density at radius 3 is 2.50 bits per heavy atom. The molecule has 1 saturated carbocycles. The third-order valence-electron chi connectivity index (χ3n) is 9.00. The third kappa shape index (κ3) is 4.75. The van der Waals surface area contributed by atoms with Gasteiger partial charge in [-0.1, -0.05) is 64.6 Å². The summed E-state index contributed by atoms with van der Waals surface area (Å²) in [5.41, 5.74) is -0.00870. The monoisotopic (exact) mass is 514 g/mol. The van der Waals surface area contributed by atoms with Gasteiger partial charge < -0.3 is 18.6 Å². The van der Waals surface area contributed by atoms with Gasteiger partial charge in [0.1, 0.15) is 17.8 Å². The van der Waals surface area contributed by atoms with Crippen LogP contribution in [0.5, 0.6) is 0 Å². The van der Waals surface area contributed by atoms with Crippen LogP contribution in [0.2, 0.25) is 18.1 Å². The molecule has 6 atom stereocenters. The van der Waals surface area contributed by atoms with E-state index in [0.29, 0.717) is 31.6 Å². The van der Waals surface area contributed by atoms with Crippen molar-refractivity contribution >= 4 is 20.1 Å². The Morgan fingerprint density at radius 2 is 1.89 bits per heavy atom. The molecule has 198 valence electrons. The number of carbonyl (C=O) groups is 2. The van der Waals surface area contributed by atoms with Crippen LogP contribution in [0.3, 0.4) is 0 Å². The molecule has 7 heteroatoms. The van der Waals surface area contributed by atoms with Crippen molar-refractivity contribution in [3.05, 3.63) is 48.0 Å². The second kappa shape index (κ2) is 9.50. The zero-order valence-corrected chi connectivity index (χ0v) is 23.9. The predicted molar refractivity (Wildman–Crippen MR) is 141 cm³/mol. The van der Waals surface area contributed by atoms with Crippen LogP contribution in [-0.4, -0.2) is 50.1 Å². The van der Waals surface area contributed by atoms with Crippen molar-refractivity contribution in [1.29, 1.82) is 0 Å². The summed E-state index contributed by atoms with van der Waals surface area (Å²) in [6.07, 6.45) is 0.577. The minimum Gasteiger partial charge on any atom is -0.460 e. The maximum Gasteiger partial charge on any atom is 0.302 e. The molecule has 0 unspecified atom stereocenters. The van der Waals surface area contributed by atoms with E-state index in [4.69, 9.17) is 18.6 Å². The van der Waals surface area contributed by atoms with Gasteiger partial charge in [0.2, 0.25) is 0 Å². The molecule has 2 saturated heterocycles. The number of hydrogen-bond donors (Lipinski definition) is 0. The minimum atomic E-state index is -2.07. The average Bonchev–Trinajstić information content (AvgIpc) is 3.09. The SMILES string of the molecule is C=C1C(=O)C[C@]2(CO[Si](C)(C)C(C)(C)C)C[C@H]3[C@@H](OCc4ccccc4)[C@@H](OC(C)=O)C[C@@H](C)[C@]13O2. The Hall–Kier alpha value is -1.80. The van der Waals surface area contributed by atoms with Crippen molar-refractivity contribution in [2.75, 3.05) is 6.61 Å². The second-order valence-corrected chi connectivity index (χ2v) is 17.4. The standard InChI is InChI=1S/C29H42O6Si/c1-19-14-25(34-21(3)30)26(32-17-22-12-10-9-11-13-22)23-15-28(18-33-36(7,8)27(4,5)6)16-24(31)20(2)29(19,23)35-28/h9-13,19,23,25-26H,2,14-18H2,1,3-8H3/t19-,23+,25+,26-,28+,29+/m1/s1. The van der Waals surface area contributed by atoms with Crippen molar-refractivity contribution in [2.45, 2.75) is 102 Å². The number of ether oxygens (including phenoxy) is 3. The van der Waals surface area contributed by atoms with Gasteiger partial charge in [-0.15, -0.1) is 0 Å². The van der Waals surface area contributed by atoms with E-state index in [9.17, 15) is 9.59 Å². The Labute approximate surface area is 216 Å². The highest BCUT2D eigenvalue weighted by Gasteiger charge is 2.69. The van der Waals surface area contributed by atoms with Crippen LogP contribution in [0.1, 0.15) is 59.4 Å². The van der Waals surface area contributed by atoms with Crippen LogP contribution in [0.4, 0.5) is 0 Å². The fraction of sp³-hybridized carbons (Fsp3) is 0.655. The van der Waals surface area contributed by atoms with Gasteiger partial charge in [0.05, 0.1) is 18.8 Å². The normalized spacial score (nSPS) is 34.4. The Morgan fingerprint density at radius 1 is 1.22 bits per heavy atom. The summed E-state index contributed by atoms with van der Waals surface area (Å²) < 4.78 is 26.0. The van der Waals surface area contributed by atoms with E-state index in [1.165, 1.54) is 6.92 Å². The van der Waals surface area contributed by atoms with E-state index in [2.05, 4.69) is 47.4 Å². The number of ketones is 1. The lowest BCUT2D eigenvalue weighted by molar-refractivity contribution is -0.209. The lowest BCUT2D eigenvalue weighted by Gasteiger charge is -2.52. The number of rotatable bonds is 7. The highest BCUT2D eigenvalue weighted by molar-refractivity contribution is 6.74. The first kappa shape index (κ1) is 27.2. The van der Waals surface area contributed by atoms with Crippen molar-refractivity contribution in [2.24, 2.45) is 11.8 Å². The van der Waals surface area contributed by atoms with Crippen molar-refractivity contribution in [1.82, 2.24) is 0 Å². The molecule has 0 radical (unpaired) electrons. The molecule has 2 bridgehead atoms. The van der Waals surface area contributed by atoms with E-state index in [1.807, 2.05) is 30.3 Å². The number of esters is 1. The number of carbonyl (C=O) groups excluding carboxylic acids is 2. The Bertz CT molecular complexity index is 1010. The van der Waals surface area contributed by atoms with E-state index < -0.39 is 31.7 Å². The van der Waals surface area contributed by atoms with Gasteiger partial charge >= 0.3 is 5.97 Å². The summed E-state index contributed by atoms with van der Waals surface area (Å²) in [5.74, 6) is -0.516. The minimum absolute atomic E-state index is 0.0437. The lowest BCUT2D eigenvalue weighted by Crippen LogP contribution is -2.61. The van der Waals surface area contributed by atoms with Crippen LogP contribution in [0, 0.1) is 11.8 Å². The zero-order chi connectivity index (χ0) is 26.5. The van der Waals surface area contributed by atoms with Crippen LogP contribution in [0.15, 0.2) is 42.5 Å². The topological polar surface area (TPSA) is 71.1 Å². The molecular weight excluding hydrogens is 472 g/mol. The molecule has 1 aliphatic carbocycles. The Balaban J connectivity index is 1.68. The van der Waals surface area contributed by atoms with Gasteiger partial charge in [-0.2, -0.15) is 0 Å². The number of Topliss-reactive ketones (excluding diaryl/α,β-unsaturated/α-hetero) is 1. The van der Waals surface area contributed by atoms with Crippen LogP contribution in [0.25, 0.3) is 0 Å². The lowest BCUT2D eigenvalue weighted by atomic mass is 9.63. The van der Waals surface area contributed by atoms with Crippen LogP contribution < -0.4 is 0 Å². The summed E-state index contributed by atoms with van der Waals surface area (Å²) >= 11 is 0. The summed E-state index contributed by atoms with van der Waals surface area (Å²) in [5, 5.41) is 0.0456. The highest BCUT2D eigenvalue weighted by atomic mass is 28.4. The largest absolute Gasteiger partial charge is 0.460 e. The highest BCUT2D eigenvalue weighted by Crippen LogP contribution is 2.61. The molecule has 0 aromatic heterocycles. The smallest absolute Gasteiger partial charge is 0.302 e. The number of benzene rings is 1. The van der Waals surface area contributed by atoms with E-state index >= 15 is 0 Å². The van der Waals surface area contributed by atoms with Crippen molar-refractivity contribution in [3.63, 3.8) is 0 Å². The molecule has 1 aromatic rings. The average molecular weight is 515 g/mol. The molecule has 2 heterocycles. The van der Waals surface area contributed by atoms with Crippen LogP contribution >= 0.6 is 0 Å². The maximum atomic E-state index is 13.4. The summed E-state index contributed by atoms with van der Waals surface area (Å²) in [6.45, 7) is 19.6. The molecule has 0 N–H and O–H groups in total. The second-order valence-electron chi connectivity index (χ2n) is 12.6. The molecule has 4 rings (SSSR count). The zero-order valence-electron chi connectivity index (χ0n) is 22.9. The molecule has 3 fully saturated rings. The molecule has 1 aromatic carbocycles. The fourth-order valence-electron chi connectivity index (χ4n) is 6.07. The first-order chi connectivity index (χ1) is 16.7. The molecule has 36 heavy (non-hydrogen) atoms. The molecule has 0 amide bonds. The van der Waals surface area contributed by atoms with Crippen molar-refractivity contribution < 1.29 is 28.2 Å². The summed E-state index contributed by atoms with van der Waals surface area (Å²) in [7, 11) is -2.07. The van der Waals surface area contributed by atoms with Gasteiger partial charge in [-0.05, 0) is 42.5 Å². The third-order valence-corrected chi connectivity index (χ3v) is 13.5. The molecule has 2 aliphatic heterocycles. The fourth-order valence-corrected chi connectivity index (χ4v) is 7.12. The first-order valence-electron chi connectivity index (χ1n) is 13.1. The summed E-state index contributed by atoms with van der Waals surface area (Å²) in [6, 6.07) is 9.96. The van der Waals surface area contributed by atoms with Gasteiger partial charge in [-0.25, -0.2) is 0 Å². The van der Waals surface area contributed by atoms with E-state index in [0.717, 1.165) is 5.56 Å². The van der Waals surface area contributed by atoms with Gasteiger partial charge in [0.25, 0.3) is 0 Å². The predicted octanol–water partition coefficient (Wildman–Crippen LogP) is 5.61. The van der Waals surface area contributed by atoms with Gasteiger partial charge in [0, 0.05) is 24.8 Å². The van der Waals surface area contributed by atoms with E-state index in [-0.39, 0.29) is 35.0 Å². The maximum absolute atomic E-state index is 13.4. The summed E-state index contributed by atoms with van der Waals surface area (Å²) in [4.78, 5) is 25.4.